The maximum Gasteiger partial charge on any atom is 0.340 e. The smallest absolute Gasteiger partial charge is 0.340 e. The number of rotatable bonds is 2. The SMILES string of the molecule is COC(=O)/C(=C(/C)N)c1cc2ccccc2c2ccccc12. The zero-order chi connectivity index (χ0) is 15.7. The fourth-order valence-corrected chi connectivity index (χ4v) is 2.85. The van der Waals surface area contributed by atoms with Gasteiger partial charge in [-0.3, -0.25) is 0 Å². The number of hydrogen-bond donors (Lipinski definition) is 1. The van der Waals surface area contributed by atoms with Crippen molar-refractivity contribution in [2.75, 3.05) is 7.11 Å². The average Bonchev–Trinajstić information content (AvgIpc) is 2.54. The van der Waals surface area contributed by atoms with Crippen LogP contribution in [0.2, 0.25) is 0 Å². The Morgan fingerprint density at radius 3 is 2.18 bits per heavy atom. The lowest BCUT2D eigenvalue weighted by molar-refractivity contribution is -0.133. The van der Waals surface area contributed by atoms with Crippen LogP contribution in [0.4, 0.5) is 0 Å². The van der Waals surface area contributed by atoms with Crippen LogP contribution in [0.25, 0.3) is 27.1 Å². The Morgan fingerprint density at radius 1 is 0.955 bits per heavy atom. The van der Waals surface area contributed by atoms with Gasteiger partial charge in [0.1, 0.15) is 0 Å². The van der Waals surface area contributed by atoms with E-state index in [4.69, 9.17) is 10.5 Å². The molecule has 0 aliphatic carbocycles. The van der Waals surface area contributed by atoms with Crippen LogP contribution in [0.3, 0.4) is 0 Å². The highest BCUT2D eigenvalue weighted by Crippen LogP contribution is 2.33. The predicted octanol–water partition coefficient (Wildman–Crippen LogP) is 3.86. The van der Waals surface area contributed by atoms with Crippen molar-refractivity contribution in [2.24, 2.45) is 5.73 Å². The molecule has 0 spiro atoms. The van der Waals surface area contributed by atoms with Crippen LogP contribution in [-0.2, 0) is 9.53 Å². The molecule has 0 aromatic heterocycles. The molecule has 3 heteroatoms. The van der Waals surface area contributed by atoms with Crippen LogP contribution in [0.1, 0.15) is 12.5 Å². The number of carbonyl (C=O) groups excluding carboxylic acids is 1. The van der Waals surface area contributed by atoms with E-state index in [2.05, 4.69) is 12.1 Å². The van der Waals surface area contributed by atoms with Gasteiger partial charge in [-0.25, -0.2) is 4.79 Å². The number of benzene rings is 3. The van der Waals surface area contributed by atoms with Crippen LogP contribution < -0.4 is 5.73 Å². The molecule has 110 valence electrons. The fraction of sp³-hybridized carbons (Fsp3) is 0.105. The van der Waals surface area contributed by atoms with Crippen molar-refractivity contribution >= 4 is 33.1 Å². The van der Waals surface area contributed by atoms with Crippen molar-refractivity contribution in [1.29, 1.82) is 0 Å². The van der Waals surface area contributed by atoms with Crippen LogP contribution >= 0.6 is 0 Å². The van der Waals surface area contributed by atoms with Gasteiger partial charge in [0.05, 0.1) is 12.7 Å². The van der Waals surface area contributed by atoms with Gasteiger partial charge in [-0.1, -0.05) is 48.5 Å². The molecule has 0 saturated carbocycles. The molecule has 3 aromatic rings. The van der Waals surface area contributed by atoms with E-state index >= 15 is 0 Å². The molecule has 3 nitrogen and oxygen atoms in total. The summed E-state index contributed by atoms with van der Waals surface area (Å²) in [6.07, 6.45) is 0. The van der Waals surface area contributed by atoms with E-state index < -0.39 is 5.97 Å². The standard InChI is InChI=1S/C19H17NO2/c1-12(20)18(19(21)22-2)17-11-13-7-3-4-8-14(13)15-9-5-6-10-16(15)17/h3-11H,20H2,1-2H3/b18-12-. The fourth-order valence-electron chi connectivity index (χ4n) is 2.85. The summed E-state index contributed by atoms with van der Waals surface area (Å²) in [6, 6.07) is 18.1. The lowest BCUT2D eigenvalue weighted by Gasteiger charge is -2.13. The molecule has 0 radical (unpaired) electrons. The summed E-state index contributed by atoms with van der Waals surface area (Å²) in [4.78, 5) is 12.2. The zero-order valence-corrected chi connectivity index (χ0v) is 12.6. The number of carbonyl (C=O) groups is 1. The van der Waals surface area contributed by atoms with E-state index in [9.17, 15) is 4.79 Å². The number of allylic oxidation sites excluding steroid dienone is 1. The Bertz CT molecular complexity index is 906. The molecule has 3 rings (SSSR count). The zero-order valence-electron chi connectivity index (χ0n) is 12.6. The van der Waals surface area contributed by atoms with E-state index in [0.717, 1.165) is 27.1 Å². The first-order valence-electron chi connectivity index (χ1n) is 7.09. The number of fused-ring (bicyclic) bond motifs is 3. The summed E-state index contributed by atoms with van der Waals surface area (Å²) < 4.78 is 4.91. The number of methoxy groups -OCH3 is 1. The Labute approximate surface area is 129 Å². The summed E-state index contributed by atoms with van der Waals surface area (Å²) in [7, 11) is 1.37. The van der Waals surface area contributed by atoms with Crippen LogP contribution in [0.15, 0.2) is 60.3 Å². The minimum Gasteiger partial charge on any atom is -0.465 e. The van der Waals surface area contributed by atoms with Gasteiger partial charge in [0, 0.05) is 5.70 Å². The second kappa shape index (κ2) is 5.53. The lowest BCUT2D eigenvalue weighted by atomic mass is 9.92. The van der Waals surface area contributed by atoms with Crippen molar-refractivity contribution in [3.63, 3.8) is 0 Å². The van der Waals surface area contributed by atoms with Gasteiger partial charge in [0.2, 0.25) is 0 Å². The molecule has 0 bridgehead atoms. The predicted molar refractivity (Wildman–Crippen MR) is 90.3 cm³/mol. The highest BCUT2D eigenvalue weighted by atomic mass is 16.5. The highest BCUT2D eigenvalue weighted by molar-refractivity contribution is 6.24. The summed E-state index contributed by atoms with van der Waals surface area (Å²) in [5, 5.41) is 4.31. The Hall–Kier alpha value is -2.81. The molecule has 0 aliphatic heterocycles. The monoisotopic (exact) mass is 291 g/mol. The van der Waals surface area contributed by atoms with Gasteiger partial charge in [0.25, 0.3) is 0 Å². The van der Waals surface area contributed by atoms with Crippen LogP contribution in [0, 0.1) is 0 Å². The molecule has 0 atom stereocenters. The lowest BCUT2D eigenvalue weighted by Crippen LogP contribution is -2.10. The van der Waals surface area contributed by atoms with Crippen molar-refractivity contribution in [2.45, 2.75) is 6.92 Å². The molecule has 2 N–H and O–H groups in total. The molecule has 0 unspecified atom stereocenters. The second-order valence-corrected chi connectivity index (χ2v) is 5.24. The van der Waals surface area contributed by atoms with E-state index in [-0.39, 0.29) is 0 Å². The third-order valence-electron chi connectivity index (χ3n) is 3.82. The topological polar surface area (TPSA) is 52.3 Å². The minimum absolute atomic E-state index is 0.416. The van der Waals surface area contributed by atoms with Gasteiger partial charge < -0.3 is 10.5 Å². The second-order valence-electron chi connectivity index (χ2n) is 5.24. The van der Waals surface area contributed by atoms with Crippen molar-refractivity contribution < 1.29 is 9.53 Å². The average molecular weight is 291 g/mol. The van der Waals surface area contributed by atoms with Gasteiger partial charge >= 0.3 is 5.97 Å². The van der Waals surface area contributed by atoms with Gasteiger partial charge in [-0.2, -0.15) is 0 Å². The summed E-state index contributed by atoms with van der Waals surface area (Å²) >= 11 is 0. The van der Waals surface area contributed by atoms with E-state index in [0.29, 0.717) is 11.3 Å². The minimum atomic E-state index is -0.416. The highest BCUT2D eigenvalue weighted by Gasteiger charge is 2.18. The summed E-state index contributed by atoms with van der Waals surface area (Å²) in [5.74, 6) is -0.416. The molecule has 0 aliphatic rings. The first kappa shape index (κ1) is 14.1. The number of nitrogens with two attached hydrogens (primary N) is 1. The molecular formula is C19H17NO2. The molecule has 0 heterocycles. The molecule has 22 heavy (non-hydrogen) atoms. The van der Waals surface area contributed by atoms with E-state index in [1.165, 1.54) is 7.11 Å². The maximum absolute atomic E-state index is 12.2. The summed E-state index contributed by atoms with van der Waals surface area (Å²) in [5.41, 5.74) is 7.64. The summed E-state index contributed by atoms with van der Waals surface area (Å²) in [6.45, 7) is 1.72. The largest absolute Gasteiger partial charge is 0.465 e. The van der Waals surface area contributed by atoms with Gasteiger partial charge in [0.15, 0.2) is 0 Å². The molecule has 0 saturated heterocycles. The van der Waals surface area contributed by atoms with Crippen LogP contribution in [0.5, 0.6) is 0 Å². The maximum atomic E-state index is 12.2. The molecule has 0 amide bonds. The van der Waals surface area contributed by atoms with E-state index in [1.54, 1.807) is 6.92 Å². The van der Waals surface area contributed by atoms with Gasteiger partial charge in [-0.15, -0.1) is 0 Å². The third-order valence-corrected chi connectivity index (χ3v) is 3.82. The Kier molecular flexibility index (Phi) is 3.55. The van der Waals surface area contributed by atoms with Crippen molar-refractivity contribution in [3.05, 3.63) is 65.9 Å². The van der Waals surface area contributed by atoms with Crippen LogP contribution in [-0.4, -0.2) is 13.1 Å². The first-order chi connectivity index (χ1) is 10.6. The number of ether oxygens (including phenoxy) is 1. The van der Waals surface area contributed by atoms with E-state index in [1.807, 2.05) is 42.5 Å². The van der Waals surface area contributed by atoms with Crippen molar-refractivity contribution in [1.82, 2.24) is 0 Å². The number of hydrogen-bond acceptors (Lipinski definition) is 3. The van der Waals surface area contributed by atoms with Crippen molar-refractivity contribution in [3.8, 4) is 0 Å². The Balaban J connectivity index is 2.47. The Morgan fingerprint density at radius 2 is 1.55 bits per heavy atom. The van der Waals surface area contributed by atoms with Gasteiger partial charge in [-0.05, 0) is 40.1 Å². The number of esters is 1. The first-order valence-corrected chi connectivity index (χ1v) is 7.09. The molecule has 0 fully saturated rings. The quantitative estimate of drug-likeness (QED) is 0.443. The molecular weight excluding hydrogens is 274 g/mol. The molecule has 3 aromatic carbocycles. The third kappa shape index (κ3) is 2.21. The normalized spacial score (nSPS) is 12.3.